The fraction of sp³-hybridized carbons (Fsp3) is 0.235. The molecule has 0 unspecified atom stereocenters. The van der Waals surface area contributed by atoms with Gasteiger partial charge in [-0.15, -0.1) is 0 Å². The Kier molecular flexibility index (Phi) is 5.55. The van der Waals surface area contributed by atoms with Crippen LogP contribution in [0.25, 0.3) is 0 Å². The highest BCUT2D eigenvalue weighted by atomic mass is 79.9. The average molecular weight is 366 g/mol. The summed E-state index contributed by atoms with van der Waals surface area (Å²) in [6.07, 6.45) is -0.621. The summed E-state index contributed by atoms with van der Waals surface area (Å²) < 4.78 is 19.4. The molecule has 0 heterocycles. The highest BCUT2D eigenvalue weighted by molar-refractivity contribution is 9.10. The maximum Gasteiger partial charge on any atom is 0.261 e. The lowest BCUT2D eigenvalue weighted by Crippen LogP contribution is -2.37. The maximum absolute atomic E-state index is 12.9. The molecule has 2 aromatic rings. The molecule has 0 aliphatic heterocycles. The Balaban J connectivity index is 1.93. The van der Waals surface area contributed by atoms with Crippen molar-refractivity contribution in [2.45, 2.75) is 26.0 Å². The Morgan fingerprint density at radius 2 is 1.68 bits per heavy atom. The second-order valence-electron chi connectivity index (χ2n) is 5.00. The number of rotatable bonds is 5. The van der Waals surface area contributed by atoms with Crippen molar-refractivity contribution >= 4 is 21.8 Å². The zero-order valence-corrected chi connectivity index (χ0v) is 13.9. The predicted molar refractivity (Wildman–Crippen MR) is 87.2 cm³/mol. The molecule has 5 heteroatoms. The number of hydrogen-bond acceptors (Lipinski definition) is 2. The van der Waals surface area contributed by atoms with Crippen LogP contribution >= 0.6 is 15.9 Å². The van der Waals surface area contributed by atoms with Crippen molar-refractivity contribution in [3.63, 3.8) is 0 Å². The second-order valence-corrected chi connectivity index (χ2v) is 5.91. The van der Waals surface area contributed by atoms with Gasteiger partial charge < -0.3 is 10.1 Å². The summed E-state index contributed by atoms with van der Waals surface area (Å²) in [6, 6.07) is 13.1. The number of benzene rings is 2. The largest absolute Gasteiger partial charge is 0.481 e. The van der Waals surface area contributed by atoms with Crippen LogP contribution in [0.3, 0.4) is 0 Å². The molecule has 22 heavy (non-hydrogen) atoms. The molecule has 0 aliphatic rings. The molecule has 2 rings (SSSR count). The SMILES string of the molecule is C[C@H](NC(=O)[C@@H](C)Oc1ccc(Br)cc1)c1ccc(F)cc1. The molecule has 0 aromatic heterocycles. The van der Waals surface area contributed by atoms with Crippen LogP contribution in [0.1, 0.15) is 25.5 Å². The summed E-state index contributed by atoms with van der Waals surface area (Å²) in [5.41, 5.74) is 0.839. The summed E-state index contributed by atoms with van der Waals surface area (Å²) in [5.74, 6) is 0.106. The van der Waals surface area contributed by atoms with E-state index in [2.05, 4.69) is 21.2 Å². The van der Waals surface area contributed by atoms with Crippen LogP contribution in [0.2, 0.25) is 0 Å². The molecule has 2 atom stereocenters. The van der Waals surface area contributed by atoms with Gasteiger partial charge in [0, 0.05) is 4.47 Å². The van der Waals surface area contributed by atoms with E-state index in [1.165, 1.54) is 12.1 Å². The number of nitrogens with one attached hydrogen (secondary N) is 1. The van der Waals surface area contributed by atoms with E-state index < -0.39 is 6.10 Å². The molecule has 0 fully saturated rings. The summed E-state index contributed by atoms with van der Waals surface area (Å²) in [4.78, 5) is 12.1. The minimum absolute atomic E-state index is 0.218. The normalized spacial score (nSPS) is 13.3. The van der Waals surface area contributed by atoms with E-state index in [0.29, 0.717) is 5.75 Å². The number of carbonyl (C=O) groups excluding carboxylic acids is 1. The van der Waals surface area contributed by atoms with Gasteiger partial charge >= 0.3 is 0 Å². The van der Waals surface area contributed by atoms with Gasteiger partial charge in [-0.05, 0) is 55.8 Å². The van der Waals surface area contributed by atoms with Crippen molar-refractivity contribution in [2.24, 2.45) is 0 Å². The maximum atomic E-state index is 12.9. The molecule has 3 nitrogen and oxygen atoms in total. The summed E-state index contributed by atoms with van der Waals surface area (Å²) >= 11 is 3.34. The van der Waals surface area contributed by atoms with E-state index in [1.807, 2.05) is 19.1 Å². The fourth-order valence-electron chi connectivity index (χ4n) is 1.94. The first-order chi connectivity index (χ1) is 10.5. The van der Waals surface area contributed by atoms with Crippen LogP contribution in [0.15, 0.2) is 53.0 Å². The highest BCUT2D eigenvalue weighted by Crippen LogP contribution is 2.18. The van der Waals surface area contributed by atoms with Gasteiger partial charge in [0.25, 0.3) is 5.91 Å². The lowest BCUT2D eigenvalue weighted by Gasteiger charge is -2.19. The van der Waals surface area contributed by atoms with Crippen LogP contribution in [0.5, 0.6) is 5.75 Å². The highest BCUT2D eigenvalue weighted by Gasteiger charge is 2.17. The predicted octanol–water partition coefficient (Wildman–Crippen LogP) is 4.23. The van der Waals surface area contributed by atoms with E-state index in [-0.39, 0.29) is 17.8 Å². The second kappa shape index (κ2) is 7.40. The summed E-state index contributed by atoms with van der Waals surface area (Å²) in [6.45, 7) is 3.53. The first-order valence-electron chi connectivity index (χ1n) is 6.94. The van der Waals surface area contributed by atoms with Crippen molar-refractivity contribution in [1.29, 1.82) is 0 Å². The van der Waals surface area contributed by atoms with Crippen molar-refractivity contribution < 1.29 is 13.9 Å². The first-order valence-corrected chi connectivity index (χ1v) is 7.73. The minimum atomic E-state index is -0.621. The number of ether oxygens (including phenoxy) is 1. The molecule has 0 saturated carbocycles. The zero-order valence-electron chi connectivity index (χ0n) is 12.3. The van der Waals surface area contributed by atoms with E-state index in [1.54, 1.807) is 31.2 Å². The van der Waals surface area contributed by atoms with E-state index in [0.717, 1.165) is 10.0 Å². The Morgan fingerprint density at radius 1 is 1.09 bits per heavy atom. The van der Waals surface area contributed by atoms with Gasteiger partial charge in [0.1, 0.15) is 11.6 Å². The molecule has 0 spiro atoms. The lowest BCUT2D eigenvalue weighted by molar-refractivity contribution is -0.127. The molecule has 116 valence electrons. The average Bonchev–Trinajstić information content (AvgIpc) is 2.50. The third-order valence-corrected chi connectivity index (χ3v) is 3.75. The Bertz CT molecular complexity index is 628. The standard InChI is InChI=1S/C17H17BrFNO2/c1-11(13-3-7-15(19)8-4-13)20-17(21)12(2)22-16-9-5-14(18)6-10-16/h3-12H,1-2H3,(H,20,21)/t11-,12+/m0/s1. The van der Waals surface area contributed by atoms with E-state index in [4.69, 9.17) is 4.74 Å². The molecule has 2 aromatic carbocycles. The van der Waals surface area contributed by atoms with Crippen LogP contribution in [-0.4, -0.2) is 12.0 Å². The third kappa shape index (κ3) is 4.56. The van der Waals surface area contributed by atoms with Gasteiger partial charge in [-0.1, -0.05) is 28.1 Å². The van der Waals surface area contributed by atoms with Crippen LogP contribution in [-0.2, 0) is 4.79 Å². The van der Waals surface area contributed by atoms with Crippen molar-refractivity contribution in [3.8, 4) is 5.75 Å². The van der Waals surface area contributed by atoms with Crippen molar-refractivity contribution in [1.82, 2.24) is 5.32 Å². The Hall–Kier alpha value is -1.88. The van der Waals surface area contributed by atoms with Crippen molar-refractivity contribution in [2.75, 3.05) is 0 Å². The molecule has 0 radical (unpaired) electrons. The topological polar surface area (TPSA) is 38.3 Å². The van der Waals surface area contributed by atoms with E-state index >= 15 is 0 Å². The third-order valence-electron chi connectivity index (χ3n) is 3.22. The van der Waals surface area contributed by atoms with Crippen molar-refractivity contribution in [3.05, 3.63) is 64.4 Å². The molecule has 0 saturated heterocycles. The number of hydrogen-bond donors (Lipinski definition) is 1. The number of amides is 1. The van der Waals surface area contributed by atoms with Crippen LogP contribution in [0.4, 0.5) is 4.39 Å². The van der Waals surface area contributed by atoms with Gasteiger partial charge in [0.15, 0.2) is 6.10 Å². The molecule has 1 amide bonds. The van der Waals surface area contributed by atoms with Crippen LogP contribution in [0, 0.1) is 5.82 Å². The fourth-order valence-corrected chi connectivity index (χ4v) is 2.20. The van der Waals surface area contributed by atoms with Gasteiger partial charge in [-0.25, -0.2) is 4.39 Å². The first kappa shape index (κ1) is 16.5. The Morgan fingerprint density at radius 3 is 2.27 bits per heavy atom. The number of carbonyl (C=O) groups is 1. The Labute approximate surface area is 137 Å². The van der Waals surface area contributed by atoms with E-state index in [9.17, 15) is 9.18 Å². The van der Waals surface area contributed by atoms with Gasteiger partial charge in [0.2, 0.25) is 0 Å². The monoisotopic (exact) mass is 365 g/mol. The summed E-state index contributed by atoms with van der Waals surface area (Å²) in [5, 5.41) is 2.85. The van der Waals surface area contributed by atoms with Gasteiger partial charge in [0.05, 0.1) is 6.04 Å². The number of halogens is 2. The van der Waals surface area contributed by atoms with Gasteiger partial charge in [-0.2, -0.15) is 0 Å². The molecular formula is C17H17BrFNO2. The summed E-state index contributed by atoms with van der Waals surface area (Å²) in [7, 11) is 0. The molecule has 0 bridgehead atoms. The zero-order chi connectivity index (χ0) is 16.1. The minimum Gasteiger partial charge on any atom is -0.481 e. The molecular weight excluding hydrogens is 349 g/mol. The lowest BCUT2D eigenvalue weighted by atomic mass is 10.1. The molecule has 1 N–H and O–H groups in total. The van der Waals surface area contributed by atoms with Gasteiger partial charge in [-0.3, -0.25) is 4.79 Å². The quantitative estimate of drug-likeness (QED) is 0.860. The van der Waals surface area contributed by atoms with Crippen LogP contribution < -0.4 is 10.1 Å². The molecule has 0 aliphatic carbocycles. The smallest absolute Gasteiger partial charge is 0.261 e.